The zero-order valence-corrected chi connectivity index (χ0v) is 15.0. The van der Waals surface area contributed by atoms with Gasteiger partial charge in [0.15, 0.2) is 9.84 Å². The highest BCUT2D eigenvalue weighted by Gasteiger charge is 2.76. The predicted molar refractivity (Wildman–Crippen MR) is 93.6 cm³/mol. The van der Waals surface area contributed by atoms with Crippen molar-refractivity contribution in [3.05, 3.63) is 65.2 Å². The van der Waals surface area contributed by atoms with Crippen molar-refractivity contribution in [3.63, 3.8) is 0 Å². The fraction of sp³-hybridized carbons (Fsp3) is 0.278. The zero-order valence-electron chi connectivity index (χ0n) is 13.4. The molecule has 3 atom stereocenters. The van der Waals surface area contributed by atoms with E-state index >= 15 is 0 Å². The topological polar surface area (TPSA) is 80.7 Å². The molecule has 3 rings (SSSR count). The smallest absolute Gasteiger partial charge is 0.314 e. The van der Waals surface area contributed by atoms with Crippen molar-refractivity contribution in [1.82, 2.24) is 0 Å². The second-order valence-corrected chi connectivity index (χ2v) is 8.59. The first-order chi connectivity index (χ1) is 11.9. The molecule has 0 aromatic heterocycles. The summed E-state index contributed by atoms with van der Waals surface area (Å²) in [7, 11) is -2.50. The van der Waals surface area contributed by atoms with Crippen LogP contribution in [0.3, 0.4) is 0 Å². The summed E-state index contributed by atoms with van der Waals surface area (Å²) in [5.74, 6) is -1.85. The summed E-state index contributed by atoms with van der Waals surface area (Å²) in [4.78, 5) is 12.1. The van der Waals surface area contributed by atoms with Crippen LogP contribution < -0.4 is 0 Å². The lowest BCUT2D eigenvalue weighted by Gasteiger charge is -2.12. The summed E-state index contributed by atoms with van der Waals surface area (Å²) in [6.07, 6.45) is 0. The molecule has 0 spiro atoms. The number of ether oxygens (including phenoxy) is 1. The van der Waals surface area contributed by atoms with E-state index in [1.807, 2.05) is 0 Å². The highest BCUT2D eigenvalue weighted by atomic mass is 35.5. The van der Waals surface area contributed by atoms with Crippen molar-refractivity contribution < 1.29 is 23.1 Å². The average molecular weight is 381 g/mol. The number of rotatable bonds is 6. The van der Waals surface area contributed by atoms with Crippen molar-refractivity contribution in [2.75, 3.05) is 13.7 Å². The summed E-state index contributed by atoms with van der Waals surface area (Å²) in [6, 6.07) is 14.6. The van der Waals surface area contributed by atoms with Crippen LogP contribution in [0.2, 0.25) is 5.02 Å². The number of hydrogen-bond donors (Lipinski definition) is 1. The quantitative estimate of drug-likeness (QED) is 0.833. The van der Waals surface area contributed by atoms with Gasteiger partial charge >= 0.3 is 5.97 Å². The molecule has 2 aromatic carbocycles. The summed E-state index contributed by atoms with van der Waals surface area (Å²) in [5, 5.41) is 9.14. The van der Waals surface area contributed by atoms with Crippen LogP contribution in [0.5, 0.6) is 0 Å². The molecule has 0 aliphatic heterocycles. The first kappa shape index (κ1) is 17.9. The van der Waals surface area contributed by atoms with Crippen LogP contribution in [0.1, 0.15) is 11.5 Å². The molecular weight excluding hydrogens is 364 g/mol. The van der Waals surface area contributed by atoms with Gasteiger partial charge in [-0.3, -0.25) is 4.79 Å². The van der Waals surface area contributed by atoms with Gasteiger partial charge in [-0.05, 0) is 29.8 Å². The minimum absolute atomic E-state index is 0.0575. The highest BCUT2D eigenvalue weighted by Crippen LogP contribution is 2.64. The monoisotopic (exact) mass is 380 g/mol. The van der Waals surface area contributed by atoms with Gasteiger partial charge in [0.05, 0.1) is 16.8 Å². The van der Waals surface area contributed by atoms with Gasteiger partial charge in [0.2, 0.25) is 0 Å². The minimum Gasteiger partial charge on any atom is -0.481 e. The molecule has 0 saturated heterocycles. The summed E-state index contributed by atoms with van der Waals surface area (Å²) in [6.45, 7) is -0.181. The van der Waals surface area contributed by atoms with Crippen molar-refractivity contribution in [3.8, 4) is 0 Å². The number of carbonyl (C=O) groups is 1. The number of aliphatic carboxylic acids is 1. The Hall–Kier alpha value is -1.89. The van der Waals surface area contributed by atoms with E-state index < -0.39 is 32.4 Å². The van der Waals surface area contributed by atoms with Crippen LogP contribution in [-0.2, 0) is 19.4 Å². The average Bonchev–Trinajstić information content (AvgIpc) is 3.27. The van der Waals surface area contributed by atoms with Gasteiger partial charge in [-0.25, -0.2) is 8.42 Å². The molecule has 0 unspecified atom stereocenters. The number of halogens is 1. The number of carboxylic acids is 1. The Kier molecular flexibility index (Phi) is 4.62. The maximum atomic E-state index is 13.1. The van der Waals surface area contributed by atoms with Crippen LogP contribution in [-0.4, -0.2) is 38.5 Å². The Morgan fingerprint density at radius 1 is 1.16 bits per heavy atom. The van der Waals surface area contributed by atoms with E-state index in [2.05, 4.69) is 0 Å². The third-order valence-electron chi connectivity index (χ3n) is 4.67. The third-order valence-corrected chi connectivity index (χ3v) is 7.22. The second kappa shape index (κ2) is 6.44. The highest BCUT2D eigenvalue weighted by molar-refractivity contribution is 7.92. The first-order valence-corrected chi connectivity index (χ1v) is 9.55. The van der Waals surface area contributed by atoms with Crippen molar-refractivity contribution in [1.29, 1.82) is 0 Å². The van der Waals surface area contributed by atoms with Crippen LogP contribution in [0, 0.1) is 5.41 Å². The van der Waals surface area contributed by atoms with Gasteiger partial charge in [0.1, 0.15) is 5.41 Å². The fourth-order valence-corrected chi connectivity index (χ4v) is 5.97. The molecule has 1 fully saturated rings. The molecule has 25 heavy (non-hydrogen) atoms. The van der Waals surface area contributed by atoms with E-state index in [1.54, 1.807) is 30.3 Å². The minimum atomic E-state index is -3.87. The van der Waals surface area contributed by atoms with Crippen molar-refractivity contribution in [2.45, 2.75) is 16.1 Å². The molecule has 132 valence electrons. The number of methoxy groups -OCH3 is 1. The third kappa shape index (κ3) is 2.84. The lowest BCUT2D eigenvalue weighted by atomic mass is 10.0. The molecule has 5 nitrogen and oxygen atoms in total. The van der Waals surface area contributed by atoms with E-state index in [-0.39, 0.29) is 11.5 Å². The molecule has 1 aliphatic carbocycles. The van der Waals surface area contributed by atoms with E-state index in [0.717, 1.165) is 0 Å². The molecule has 7 heteroatoms. The summed E-state index contributed by atoms with van der Waals surface area (Å²) < 4.78 is 31.3. The Balaban J connectivity index is 2.11. The molecule has 0 bridgehead atoms. The van der Waals surface area contributed by atoms with Gasteiger partial charge in [-0.1, -0.05) is 41.9 Å². The Morgan fingerprint density at radius 2 is 1.76 bits per heavy atom. The normalized spacial score (nSPS) is 25.5. The van der Waals surface area contributed by atoms with Crippen LogP contribution in [0.15, 0.2) is 59.5 Å². The van der Waals surface area contributed by atoms with Gasteiger partial charge in [0.25, 0.3) is 0 Å². The van der Waals surface area contributed by atoms with Crippen molar-refractivity contribution >= 4 is 27.4 Å². The molecule has 1 N–H and O–H groups in total. The number of carboxylic acid groups (broad SMARTS) is 1. The van der Waals surface area contributed by atoms with Gasteiger partial charge in [-0.2, -0.15) is 0 Å². The molecule has 0 heterocycles. The lowest BCUT2D eigenvalue weighted by molar-refractivity contribution is -0.145. The standard InChI is InChI=1S/C18H17ClO5S/c1-24-11-18(17(20)21)15(12-5-3-2-4-6-12)16(18)25(22,23)14-9-7-13(19)8-10-14/h2-10,15-16H,11H2,1H3,(H,20,21)/t15-,16+,18-/m0/s1. The predicted octanol–water partition coefficient (Wildman–Crippen LogP) is 3.00. The number of hydrogen-bond acceptors (Lipinski definition) is 4. The number of benzene rings is 2. The fourth-order valence-electron chi connectivity index (χ4n) is 3.49. The molecule has 0 radical (unpaired) electrons. The van der Waals surface area contributed by atoms with E-state index in [0.29, 0.717) is 10.6 Å². The van der Waals surface area contributed by atoms with Gasteiger partial charge < -0.3 is 9.84 Å². The largest absolute Gasteiger partial charge is 0.481 e. The Morgan fingerprint density at radius 3 is 2.28 bits per heavy atom. The Labute approximate surface area is 151 Å². The molecule has 1 aliphatic rings. The lowest BCUT2D eigenvalue weighted by Crippen LogP contribution is -2.28. The molecule has 2 aromatic rings. The van der Waals surface area contributed by atoms with E-state index in [4.69, 9.17) is 16.3 Å². The van der Waals surface area contributed by atoms with Crippen molar-refractivity contribution in [2.24, 2.45) is 5.41 Å². The summed E-state index contributed by atoms with van der Waals surface area (Å²) >= 11 is 5.83. The van der Waals surface area contributed by atoms with Crippen LogP contribution in [0.4, 0.5) is 0 Å². The van der Waals surface area contributed by atoms with Gasteiger partial charge in [-0.15, -0.1) is 0 Å². The first-order valence-electron chi connectivity index (χ1n) is 7.62. The SMILES string of the molecule is COC[C@@]1(C(=O)O)[C@H](S(=O)(=O)c2ccc(Cl)cc2)[C@@H]1c1ccccc1. The Bertz CT molecular complexity index is 879. The van der Waals surface area contributed by atoms with E-state index in [1.165, 1.54) is 31.4 Å². The summed E-state index contributed by atoms with van der Waals surface area (Å²) in [5.41, 5.74) is -0.835. The van der Waals surface area contributed by atoms with E-state index in [9.17, 15) is 18.3 Å². The maximum Gasteiger partial charge on any atom is 0.314 e. The molecular formula is C18H17ClO5S. The zero-order chi connectivity index (χ0) is 18.2. The molecule has 0 amide bonds. The number of sulfone groups is 1. The second-order valence-electron chi connectivity index (χ2n) is 6.09. The van der Waals surface area contributed by atoms with Gasteiger partial charge in [0, 0.05) is 18.1 Å². The molecule has 1 saturated carbocycles. The van der Waals surface area contributed by atoms with Crippen LogP contribution >= 0.6 is 11.6 Å². The maximum absolute atomic E-state index is 13.1. The van der Waals surface area contributed by atoms with Crippen LogP contribution in [0.25, 0.3) is 0 Å².